The van der Waals surface area contributed by atoms with Crippen molar-refractivity contribution in [1.82, 2.24) is 5.32 Å². The highest BCUT2D eigenvalue weighted by molar-refractivity contribution is 6.31. The van der Waals surface area contributed by atoms with Crippen LogP contribution < -0.4 is 5.32 Å². The molecule has 0 radical (unpaired) electrons. The fourth-order valence-electron chi connectivity index (χ4n) is 1.22. The molecule has 17 heavy (non-hydrogen) atoms. The van der Waals surface area contributed by atoms with Crippen molar-refractivity contribution in [3.8, 4) is 0 Å². The molecule has 92 valence electrons. The minimum Gasteiger partial charge on any atom is -0.469 e. The van der Waals surface area contributed by atoms with Crippen LogP contribution in [-0.2, 0) is 9.53 Å². The van der Waals surface area contributed by atoms with E-state index in [0.29, 0.717) is 10.6 Å². The summed E-state index contributed by atoms with van der Waals surface area (Å²) in [5.74, 6) is -0.608. The van der Waals surface area contributed by atoms with Crippen LogP contribution in [0.15, 0.2) is 18.2 Å². The van der Waals surface area contributed by atoms with Crippen molar-refractivity contribution in [1.29, 1.82) is 0 Å². The summed E-state index contributed by atoms with van der Waals surface area (Å²) in [6, 6.07) is 5.07. The number of hydrogen-bond donors (Lipinski definition) is 1. The SMILES string of the molecule is COC(=O)CCNC(=O)c1ccc(C)c(Cl)c1. The van der Waals surface area contributed by atoms with Gasteiger partial charge in [-0.25, -0.2) is 0 Å². The first-order chi connectivity index (χ1) is 8.04. The molecular formula is C12H14ClNO3. The van der Waals surface area contributed by atoms with Crippen LogP contribution in [-0.4, -0.2) is 25.5 Å². The molecule has 0 saturated carbocycles. The van der Waals surface area contributed by atoms with Crippen molar-refractivity contribution in [2.24, 2.45) is 0 Å². The Morgan fingerprint density at radius 1 is 1.41 bits per heavy atom. The van der Waals surface area contributed by atoms with Gasteiger partial charge in [0.05, 0.1) is 13.5 Å². The molecule has 0 fully saturated rings. The van der Waals surface area contributed by atoms with E-state index in [1.165, 1.54) is 7.11 Å². The van der Waals surface area contributed by atoms with Crippen molar-refractivity contribution >= 4 is 23.5 Å². The first kappa shape index (κ1) is 13.5. The third-order valence-corrected chi connectivity index (χ3v) is 2.68. The number of rotatable bonds is 4. The van der Waals surface area contributed by atoms with Crippen molar-refractivity contribution in [2.45, 2.75) is 13.3 Å². The van der Waals surface area contributed by atoms with E-state index >= 15 is 0 Å². The number of esters is 1. The molecule has 1 N–H and O–H groups in total. The quantitative estimate of drug-likeness (QED) is 0.837. The Bertz CT molecular complexity index is 432. The number of ether oxygens (including phenoxy) is 1. The Morgan fingerprint density at radius 2 is 2.12 bits per heavy atom. The van der Waals surface area contributed by atoms with Gasteiger partial charge in [-0.05, 0) is 24.6 Å². The topological polar surface area (TPSA) is 55.4 Å². The molecule has 0 heterocycles. The van der Waals surface area contributed by atoms with E-state index in [4.69, 9.17) is 11.6 Å². The van der Waals surface area contributed by atoms with E-state index in [-0.39, 0.29) is 24.8 Å². The van der Waals surface area contributed by atoms with Gasteiger partial charge in [-0.2, -0.15) is 0 Å². The monoisotopic (exact) mass is 255 g/mol. The number of halogens is 1. The summed E-state index contributed by atoms with van der Waals surface area (Å²) in [4.78, 5) is 22.5. The molecular weight excluding hydrogens is 242 g/mol. The lowest BCUT2D eigenvalue weighted by Gasteiger charge is -2.05. The van der Waals surface area contributed by atoms with Crippen LogP contribution in [0.25, 0.3) is 0 Å². The molecule has 0 spiro atoms. The number of carbonyl (C=O) groups is 2. The fraction of sp³-hybridized carbons (Fsp3) is 0.333. The Labute approximate surface area is 105 Å². The number of aryl methyl sites for hydroxylation is 1. The normalized spacial score (nSPS) is 9.82. The molecule has 0 aliphatic carbocycles. The van der Waals surface area contributed by atoms with Crippen LogP contribution in [0.5, 0.6) is 0 Å². The minimum atomic E-state index is -0.354. The Balaban J connectivity index is 2.52. The smallest absolute Gasteiger partial charge is 0.307 e. The molecule has 0 bridgehead atoms. The van der Waals surface area contributed by atoms with Gasteiger partial charge < -0.3 is 10.1 Å². The average Bonchev–Trinajstić information content (AvgIpc) is 2.32. The van der Waals surface area contributed by atoms with Gasteiger partial charge in [0.1, 0.15) is 0 Å². The summed E-state index contributed by atoms with van der Waals surface area (Å²) < 4.78 is 4.46. The van der Waals surface area contributed by atoms with E-state index in [0.717, 1.165) is 5.56 Å². The predicted octanol–water partition coefficient (Wildman–Crippen LogP) is 1.94. The van der Waals surface area contributed by atoms with E-state index in [9.17, 15) is 9.59 Å². The zero-order chi connectivity index (χ0) is 12.8. The van der Waals surface area contributed by atoms with Gasteiger partial charge in [0.25, 0.3) is 5.91 Å². The number of nitrogens with one attached hydrogen (secondary N) is 1. The van der Waals surface area contributed by atoms with E-state index in [1.807, 2.05) is 6.92 Å². The molecule has 0 aliphatic heterocycles. The second-order valence-electron chi connectivity index (χ2n) is 3.55. The highest BCUT2D eigenvalue weighted by atomic mass is 35.5. The van der Waals surface area contributed by atoms with Crippen molar-refractivity contribution in [3.63, 3.8) is 0 Å². The predicted molar refractivity (Wildman–Crippen MR) is 65.2 cm³/mol. The molecule has 0 atom stereocenters. The molecule has 1 rings (SSSR count). The lowest BCUT2D eigenvalue weighted by Crippen LogP contribution is -2.26. The molecule has 0 unspecified atom stereocenters. The maximum absolute atomic E-state index is 11.7. The first-order valence-corrected chi connectivity index (χ1v) is 5.53. The maximum atomic E-state index is 11.7. The minimum absolute atomic E-state index is 0.155. The van der Waals surface area contributed by atoms with Gasteiger partial charge in [-0.1, -0.05) is 17.7 Å². The molecule has 1 amide bonds. The number of amides is 1. The van der Waals surface area contributed by atoms with Crippen molar-refractivity contribution in [3.05, 3.63) is 34.3 Å². The zero-order valence-electron chi connectivity index (χ0n) is 9.75. The van der Waals surface area contributed by atoms with Crippen LogP contribution in [0.3, 0.4) is 0 Å². The molecule has 0 saturated heterocycles. The van der Waals surface area contributed by atoms with Crippen LogP contribution >= 0.6 is 11.6 Å². The van der Waals surface area contributed by atoms with Crippen molar-refractivity contribution < 1.29 is 14.3 Å². The number of benzene rings is 1. The third-order valence-electron chi connectivity index (χ3n) is 2.28. The summed E-state index contributed by atoms with van der Waals surface area (Å²) in [5, 5.41) is 3.16. The summed E-state index contributed by atoms with van der Waals surface area (Å²) >= 11 is 5.91. The fourth-order valence-corrected chi connectivity index (χ4v) is 1.40. The summed E-state index contributed by atoms with van der Waals surface area (Å²) in [5.41, 5.74) is 1.39. The highest BCUT2D eigenvalue weighted by Crippen LogP contribution is 2.16. The lowest BCUT2D eigenvalue weighted by molar-refractivity contribution is -0.140. The molecule has 1 aromatic rings. The lowest BCUT2D eigenvalue weighted by atomic mass is 10.1. The number of hydrogen-bond acceptors (Lipinski definition) is 3. The van der Waals surface area contributed by atoms with Gasteiger partial charge in [-0.15, -0.1) is 0 Å². The molecule has 5 heteroatoms. The van der Waals surface area contributed by atoms with E-state index < -0.39 is 0 Å². The molecule has 0 aromatic heterocycles. The van der Waals surface area contributed by atoms with Gasteiger partial charge in [0, 0.05) is 17.1 Å². The van der Waals surface area contributed by atoms with Gasteiger partial charge in [-0.3, -0.25) is 9.59 Å². The molecule has 4 nitrogen and oxygen atoms in total. The average molecular weight is 256 g/mol. The highest BCUT2D eigenvalue weighted by Gasteiger charge is 2.07. The number of methoxy groups -OCH3 is 1. The summed E-state index contributed by atoms with van der Waals surface area (Å²) in [7, 11) is 1.31. The Hall–Kier alpha value is -1.55. The number of carbonyl (C=O) groups excluding carboxylic acids is 2. The van der Waals surface area contributed by atoms with Crippen LogP contribution in [0.2, 0.25) is 5.02 Å². The standard InChI is InChI=1S/C12H14ClNO3/c1-8-3-4-9(7-10(8)13)12(16)14-6-5-11(15)17-2/h3-4,7H,5-6H2,1-2H3,(H,14,16). The van der Waals surface area contributed by atoms with Crippen molar-refractivity contribution in [2.75, 3.05) is 13.7 Å². The zero-order valence-corrected chi connectivity index (χ0v) is 10.5. The second kappa shape index (κ2) is 6.25. The third kappa shape index (κ3) is 4.07. The molecule has 0 aliphatic rings. The van der Waals surface area contributed by atoms with Gasteiger partial charge in [0.2, 0.25) is 0 Å². The first-order valence-electron chi connectivity index (χ1n) is 5.15. The van der Waals surface area contributed by atoms with E-state index in [2.05, 4.69) is 10.1 Å². The summed E-state index contributed by atoms with van der Waals surface area (Å²) in [6.45, 7) is 2.11. The maximum Gasteiger partial charge on any atom is 0.307 e. The van der Waals surface area contributed by atoms with E-state index in [1.54, 1.807) is 18.2 Å². The largest absolute Gasteiger partial charge is 0.469 e. The van der Waals surface area contributed by atoms with Crippen LogP contribution in [0.4, 0.5) is 0 Å². The Kier molecular flexibility index (Phi) is 4.97. The van der Waals surface area contributed by atoms with Crippen LogP contribution in [0, 0.1) is 6.92 Å². The van der Waals surface area contributed by atoms with Crippen LogP contribution in [0.1, 0.15) is 22.3 Å². The Morgan fingerprint density at radius 3 is 2.71 bits per heavy atom. The van der Waals surface area contributed by atoms with Gasteiger partial charge in [0.15, 0.2) is 0 Å². The molecule has 1 aromatic carbocycles. The summed E-state index contributed by atoms with van der Waals surface area (Å²) in [6.07, 6.45) is 0.155. The second-order valence-corrected chi connectivity index (χ2v) is 3.95. The van der Waals surface area contributed by atoms with Gasteiger partial charge >= 0.3 is 5.97 Å².